The maximum absolute atomic E-state index is 13.2. The first-order valence-electron chi connectivity index (χ1n) is 11.1. The first-order valence-corrected chi connectivity index (χ1v) is 11.5. The van der Waals surface area contributed by atoms with Gasteiger partial charge in [0.05, 0.1) is 17.9 Å². The molecule has 0 aliphatic carbocycles. The fraction of sp³-hybridized carbons (Fsp3) is 0.280. The number of rotatable bonds is 7. The summed E-state index contributed by atoms with van der Waals surface area (Å²) >= 11 is 6.25. The molecule has 0 bridgehead atoms. The number of hydrogen-bond donors (Lipinski definition) is 1. The number of amides is 3. The third-order valence-electron chi connectivity index (χ3n) is 5.60. The highest BCUT2D eigenvalue weighted by atomic mass is 35.5. The molecular formula is C25H24ClN3O5. The Bertz CT molecular complexity index is 1190. The third-order valence-corrected chi connectivity index (χ3v) is 5.95. The third kappa shape index (κ3) is 4.54. The van der Waals surface area contributed by atoms with Crippen LogP contribution in [0.5, 0.6) is 0 Å². The molecule has 1 N–H and O–H groups in total. The van der Waals surface area contributed by atoms with Gasteiger partial charge < -0.3 is 15.0 Å². The van der Waals surface area contributed by atoms with Gasteiger partial charge in [0.1, 0.15) is 10.7 Å². The number of imide groups is 1. The highest BCUT2D eigenvalue weighted by Crippen LogP contribution is 2.32. The number of halogens is 1. The van der Waals surface area contributed by atoms with Gasteiger partial charge in [-0.05, 0) is 49.6 Å². The normalized spacial score (nSPS) is 15.8. The van der Waals surface area contributed by atoms with Crippen LogP contribution in [0, 0.1) is 0 Å². The molecule has 0 saturated carbocycles. The summed E-state index contributed by atoms with van der Waals surface area (Å²) in [6, 6.07) is 12.9. The average molecular weight is 482 g/mol. The smallest absolute Gasteiger partial charge is 0.340 e. The van der Waals surface area contributed by atoms with Gasteiger partial charge in [0.25, 0.3) is 17.7 Å². The second-order valence-electron chi connectivity index (χ2n) is 7.99. The summed E-state index contributed by atoms with van der Waals surface area (Å²) in [6.07, 6.45) is 2.59. The molecule has 4 rings (SSSR count). The van der Waals surface area contributed by atoms with Crippen molar-refractivity contribution in [1.29, 1.82) is 0 Å². The highest BCUT2D eigenvalue weighted by molar-refractivity contribution is 6.53. The van der Waals surface area contributed by atoms with Crippen molar-refractivity contribution < 1.29 is 23.9 Å². The number of ether oxygens (including phenoxy) is 1. The van der Waals surface area contributed by atoms with Crippen LogP contribution in [0.3, 0.4) is 0 Å². The zero-order chi connectivity index (χ0) is 24.2. The molecule has 0 radical (unpaired) electrons. The number of para-hydroxylation sites is 1. The lowest BCUT2D eigenvalue weighted by molar-refractivity contribution is -0.120. The molecule has 2 aromatic carbocycles. The van der Waals surface area contributed by atoms with Gasteiger partial charge in [-0.15, -0.1) is 0 Å². The molecule has 3 amide bonds. The zero-order valence-corrected chi connectivity index (χ0v) is 19.4. The van der Waals surface area contributed by atoms with Gasteiger partial charge in [-0.2, -0.15) is 0 Å². The van der Waals surface area contributed by atoms with E-state index in [-0.39, 0.29) is 34.5 Å². The van der Waals surface area contributed by atoms with E-state index in [1.807, 2.05) is 6.92 Å². The molecule has 34 heavy (non-hydrogen) atoms. The van der Waals surface area contributed by atoms with Crippen molar-refractivity contribution in [1.82, 2.24) is 4.90 Å². The Kier molecular flexibility index (Phi) is 6.98. The number of esters is 1. The molecule has 2 aromatic rings. The van der Waals surface area contributed by atoms with Gasteiger partial charge in [0.2, 0.25) is 0 Å². The van der Waals surface area contributed by atoms with E-state index in [0.29, 0.717) is 17.7 Å². The van der Waals surface area contributed by atoms with Crippen molar-refractivity contribution in [2.45, 2.75) is 26.2 Å². The quantitative estimate of drug-likeness (QED) is 0.475. The second kappa shape index (κ2) is 10.1. The molecule has 0 aromatic heterocycles. The van der Waals surface area contributed by atoms with Gasteiger partial charge in [0, 0.05) is 24.3 Å². The molecule has 9 heteroatoms. The van der Waals surface area contributed by atoms with E-state index in [1.165, 1.54) is 12.1 Å². The van der Waals surface area contributed by atoms with E-state index < -0.39 is 17.8 Å². The first kappa shape index (κ1) is 23.5. The number of nitrogens with one attached hydrogen (secondary N) is 1. The Morgan fingerprint density at radius 3 is 2.50 bits per heavy atom. The fourth-order valence-electron chi connectivity index (χ4n) is 3.92. The van der Waals surface area contributed by atoms with Crippen molar-refractivity contribution in [2.75, 3.05) is 29.9 Å². The van der Waals surface area contributed by atoms with Crippen molar-refractivity contribution >= 4 is 46.7 Å². The van der Waals surface area contributed by atoms with Gasteiger partial charge in [-0.3, -0.25) is 14.4 Å². The fourth-order valence-corrected chi connectivity index (χ4v) is 4.13. The van der Waals surface area contributed by atoms with E-state index >= 15 is 0 Å². The minimum atomic E-state index is -0.755. The van der Waals surface area contributed by atoms with Crippen LogP contribution in [-0.4, -0.2) is 48.3 Å². The van der Waals surface area contributed by atoms with Crippen molar-refractivity contribution in [3.05, 3.63) is 70.4 Å². The first-order chi connectivity index (χ1) is 16.4. The number of likely N-dealkylation sites (tertiary alicyclic amines) is 1. The minimum absolute atomic E-state index is 0.0848. The molecular weight excluding hydrogens is 458 g/mol. The molecule has 0 atom stereocenters. The Morgan fingerprint density at radius 2 is 1.76 bits per heavy atom. The van der Waals surface area contributed by atoms with Crippen LogP contribution in [0.1, 0.15) is 46.9 Å². The second-order valence-corrected chi connectivity index (χ2v) is 8.37. The van der Waals surface area contributed by atoms with Gasteiger partial charge in [-0.25, -0.2) is 9.69 Å². The van der Waals surface area contributed by atoms with Crippen LogP contribution >= 0.6 is 11.6 Å². The maximum atomic E-state index is 13.2. The monoisotopic (exact) mass is 481 g/mol. The SMILES string of the molecule is CCCOC(=O)c1ccccc1N1C(=O)C(Cl)=C(Nc2cccc(C(=O)N3CCCC3)c2)C1=O. The van der Waals surface area contributed by atoms with Crippen LogP contribution in [0.15, 0.2) is 59.3 Å². The van der Waals surface area contributed by atoms with Crippen LogP contribution in [0.25, 0.3) is 0 Å². The summed E-state index contributed by atoms with van der Waals surface area (Å²) in [6.45, 7) is 3.51. The Balaban J connectivity index is 1.58. The van der Waals surface area contributed by atoms with Crippen LogP contribution in [0.4, 0.5) is 11.4 Å². The van der Waals surface area contributed by atoms with Gasteiger partial charge in [0.15, 0.2) is 0 Å². The lowest BCUT2D eigenvalue weighted by Gasteiger charge is -2.18. The number of carbonyl (C=O) groups excluding carboxylic acids is 4. The summed E-state index contributed by atoms with van der Waals surface area (Å²) in [5.41, 5.74) is 0.959. The largest absolute Gasteiger partial charge is 0.462 e. The lowest BCUT2D eigenvalue weighted by Crippen LogP contribution is -2.33. The molecule has 176 valence electrons. The topological polar surface area (TPSA) is 96.0 Å². The Hall–Kier alpha value is -3.65. The molecule has 1 saturated heterocycles. The molecule has 2 aliphatic heterocycles. The molecule has 2 aliphatic rings. The van der Waals surface area contributed by atoms with E-state index in [0.717, 1.165) is 30.8 Å². The number of carbonyl (C=O) groups is 4. The van der Waals surface area contributed by atoms with Gasteiger partial charge >= 0.3 is 5.97 Å². The molecule has 2 heterocycles. The summed E-state index contributed by atoms with van der Waals surface area (Å²) < 4.78 is 5.19. The molecule has 0 spiro atoms. The van der Waals surface area contributed by atoms with Gasteiger partial charge in [-0.1, -0.05) is 36.7 Å². The van der Waals surface area contributed by atoms with E-state index in [2.05, 4.69) is 5.32 Å². The van der Waals surface area contributed by atoms with Crippen molar-refractivity contribution in [3.63, 3.8) is 0 Å². The summed E-state index contributed by atoms with van der Waals surface area (Å²) in [7, 11) is 0. The molecule has 0 unspecified atom stereocenters. The number of anilines is 2. The van der Waals surface area contributed by atoms with E-state index in [4.69, 9.17) is 16.3 Å². The van der Waals surface area contributed by atoms with Crippen molar-refractivity contribution in [2.24, 2.45) is 0 Å². The van der Waals surface area contributed by atoms with Crippen molar-refractivity contribution in [3.8, 4) is 0 Å². The number of nitrogens with zero attached hydrogens (tertiary/aromatic N) is 2. The van der Waals surface area contributed by atoms with Crippen LogP contribution < -0.4 is 10.2 Å². The number of benzene rings is 2. The predicted octanol–water partition coefficient (Wildman–Crippen LogP) is 3.93. The Morgan fingerprint density at radius 1 is 1.03 bits per heavy atom. The predicted molar refractivity (Wildman–Crippen MR) is 128 cm³/mol. The maximum Gasteiger partial charge on any atom is 0.340 e. The van der Waals surface area contributed by atoms with Crippen LogP contribution in [0.2, 0.25) is 0 Å². The minimum Gasteiger partial charge on any atom is -0.462 e. The Labute approximate surface area is 202 Å². The number of hydrogen-bond acceptors (Lipinski definition) is 6. The van der Waals surface area contributed by atoms with E-state index in [9.17, 15) is 19.2 Å². The lowest BCUT2D eigenvalue weighted by atomic mass is 10.1. The average Bonchev–Trinajstić information content (AvgIpc) is 3.46. The molecule has 1 fully saturated rings. The summed E-state index contributed by atoms with van der Waals surface area (Å²) in [4.78, 5) is 54.0. The standard InChI is InChI=1S/C25H24ClN3O5/c1-2-14-34-25(33)18-10-3-4-11-19(18)29-23(31)20(26)21(24(29)32)27-17-9-7-8-16(15-17)22(30)28-12-5-6-13-28/h3-4,7-11,15,27H,2,5-6,12-14H2,1H3. The summed E-state index contributed by atoms with van der Waals surface area (Å²) in [5, 5.41) is 2.58. The summed E-state index contributed by atoms with van der Waals surface area (Å²) in [5.74, 6) is -2.18. The van der Waals surface area contributed by atoms with Crippen LogP contribution in [-0.2, 0) is 14.3 Å². The zero-order valence-electron chi connectivity index (χ0n) is 18.7. The van der Waals surface area contributed by atoms with E-state index in [1.54, 1.807) is 41.3 Å². The highest BCUT2D eigenvalue weighted by Gasteiger charge is 2.40. The molecule has 8 nitrogen and oxygen atoms in total.